The molecule has 0 aliphatic carbocycles. The molecule has 2 rings (SSSR count). The Morgan fingerprint density at radius 3 is 2.15 bits per heavy atom. The van der Waals surface area contributed by atoms with Crippen LogP contribution in [0.25, 0.3) is 0 Å². The highest BCUT2D eigenvalue weighted by atomic mass is 28.4. The van der Waals surface area contributed by atoms with Gasteiger partial charge in [0.05, 0.1) is 19.5 Å². The minimum absolute atomic E-state index is 0.388. The summed E-state index contributed by atoms with van der Waals surface area (Å²) in [6, 6.07) is 9.99. The van der Waals surface area contributed by atoms with Crippen molar-refractivity contribution in [2.24, 2.45) is 0 Å². The third kappa shape index (κ3) is 5.22. The lowest BCUT2D eigenvalue weighted by molar-refractivity contribution is -0.105. The van der Waals surface area contributed by atoms with E-state index >= 15 is 0 Å². The molecule has 0 bridgehead atoms. The van der Waals surface area contributed by atoms with Crippen molar-refractivity contribution in [1.29, 1.82) is 0 Å². The van der Waals surface area contributed by atoms with Crippen molar-refractivity contribution < 1.29 is 19.0 Å². The van der Waals surface area contributed by atoms with Crippen molar-refractivity contribution in [1.82, 2.24) is 0 Å². The first-order valence-electron chi connectivity index (χ1n) is 10.1. The van der Waals surface area contributed by atoms with Crippen LogP contribution in [0.4, 0.5) is 0 Å². The molecule has 0 radical (unpaired) electrons. The summed E-state index contributed by atoms with van der Waals surface area (Å²) in [7, 11) is -1.99. The fraction of sp³-hybridized carbons (Fsp3) is 0.636. The van der Waals surface area contributed by atoms with Crippen LogP contribution in [-0.2, 0) is 20.5 Å². The molecule has 1 aliphatic heterocycles. The molecule has 5 heteroatoms. The van der Waals surface area contributed by atoms with Gasteiger partial charge in [-0.3, -0.25) is 0 Å². The normalized spacial score (nSPS) is 23.3. The Bertz CT molecular complexity index is 563. The van der Waals surface area contributed by atoms with E-state index in [-0.39, 0.29) is 6.10 Å². The Balaban J connectivity index is 1.99. The van der Waals surface area contributed by atoms with Crippen molar-refractivity contribution >= 4 is 8.32 Å². The highest BCUT2D eigenvalue weighted by molar-refractivity contribution is 6.77. The summed E-state index contributed by atoms with van der Waals surface area (Å²) < 4.78 is 18.2. The highest BCUT2D eigenvalue weighted by Crippen LogP contribution is 2.42. The van der Waals surface area contributed by atoms with Crippen LogP contribution >= 0.6 is 0 Å². The lowest BCUT2D eigenvalue weighted by atomic mass is 10.1. The number of rotatable bonds is 9. The summed E-state index contributed by atoms with van der Waals surface area (Å²) >= 11 is 0. The quantitative estimate of drug-likeness (QED) is 0.598. The molecule has 1 aromatic carbocycles. The van der Waals surface area contributed by atoms with E-state index in [2.05, 4.69) is 41.5 Å². The molecule has 0 spiro atoms. The molecular formula is C22H36O4Si. The molecule has 1 aromatic rings. The van der Waals surface area contributed by atoms with E-state index in [4.69, 9.17) is 13.9 Å². The Morgan fingerprint density at radius 1 is 1.00 bits per heavy atom. The largest absolute Gasteiger partial charge is 0.493 e. The van der Waals surface area contributed by atoms with E-state index < -0.39 is 20.5 Å². The van der Waals surface area contributed by atoms with Crippen LogP contribution in [0, 0.1) is 0 Å². The number of ether oxygens (including phenoxy) is 2. The maximum atomic E-state index is 10.8. The van der Waals surface area contributed by atoms with Crippen LogP contribution < -0.4 is 0 Å². The minimum Gasteiger partial charge on any atom is -0.493 e. The predicted molar refractivity (Wildman–Crippen MR) is 112 cm³/mol. The summed E-state index contributed by atoms with van der Waals surface area (Å²) in [5, 5.41) is 10.8. The molecule has 27 heavy (non-hydrogen) atoms. The van der Waals surface area contributed by atoms with Crippen LogP contribution in [0.5, 0.6) is 0 Å². The average molecular weight is 393 g/mol. The first-order chi connectivity index (χ1) is 12.8. The summed E-state index contributed by atoms with van der Waals surface area (Å²) in [5.74, 6) is 0. The van der Waals surface area contributed by atoms with Crippen molar-refractivity contribution in [2.75, 3.05) is 6.61 Å². The molecular weight excluding hydrogens is 356 g/mol. The van der Waals surface area contributed by atoms with Gasteiger partial charge >= 0.3 is 0 Å². The maximum Gasteiger partial charge on any atom is 0.200 e. The molecule has 0 saturated carbocycles. The van der Waals surface area contributed by atoms with Gasteiger partial charge in [-0.05, 0) is 28.3 Å². The molecule has 1 aliphatic rings. The van der Waals surface area contributed by atoms with Gasteiger partial charge in [0.25, 0.3) is 0 Å². The Morgan fingerprint density at radius 2 is 1.59 bits per heavy atom. The second-order valence-electron chi connectivity index (χ2n) is 8.38. The fourth-order valence-electron chi connectivity index (χ4n) is 4.41. The van der Waals surface area contributed by atoms with Crippen LogP contribution in [0.15, 0.2) is 42.7 Å². The molecule has 0 fully saturated rings. The van der Waals surface area contributed by atoms with Crippen LogP contribution in [0.2, 0.25) is 16.6 Å². The van der Waals surface area contributed by atoms with E-state index in [1.165, 1.54) is 0 Å². The molecule has 0 saturated heterocycles. The van der Waals surface area contributed by atoms with E-state index in [9.17, 15) is 5.11 Å². The molecule has 0 unspecified atom stereocenters. The van der Waals surface area contributed by atoms with Gasteiger partial charge in [-0.2, -0.15) is 0 Å². The zero-order valence-electron chi connectivity index (χ0n) is 17.6. The van der Waals surface area contributed by atoms with Gasteiger partial charge < -0.3 is 19.0 Å². The predicted octanol–water partition coefficient (Wildman–Crippen LogP) is 5.04. The topological polar surface area (TPSA) is 47.9 Å². The first kappa shape index (κ1) is 22.1. The van der Waals surface area contributed by atoms with Crippen LogP contribution in [0.1, 0.15) is 47.1 Å². The smallest absolute Gasteiger partial charge is 0.200 e. The van der Waals surface area contributed by atoms with Crippen LogP contribution in [-0.4, -0.2) is 38.3 Å². The summed E-state index contributed by atoms with van der Waals surface area (Å²) in [4.78, 5) is 0. The number of aliphatic hydroxyl groups excluding tert-OH is 1. The van der Waals surface area contributed by atoms with Gasteiger partial charge in [0.15, 0.2) is 0 Å². The lowest BCUT2D eigenvalue weighted by Gasteiger charge is -2.43. The zero-order chi connectivity index (χ0) is 20.0. The van der Waals surface area contributed by atoms with E-state index in [1.807, 2.05) is 30.3 Å². The van der Waals surface area contributed by atoms with E-state index in [0.717, 1.165) is 5.56 Å². The first-order valence-corrected chi connectivity index (χ1v) is 12.2. The number of hydrogen-bond acceptors (Lipinski definition) is 4. The minimum atomic E-state index is -1.99. The molecule has 4 nitrogen and oxygen atoms in total. The maximum absolute atomic E-state index is 10.8. The third-order valence-corrected chi connectivity index (χ3v) is 11.8. The second kappa shape index (κ2) is 9.87. The summed E-state index contributed by atoms with van der Waals surface area (Å²) in [6.07, 6.45) is 1.89. The monoisotopic (exact) mass is 392 g/mol. The van der Waals surface area contributed by atoms with Crippen LogP contribution in [0.3, 0.4) is 0 Å². The third-order valence-electron chi connectivity index (χ3n) is 5.73. The zero-order valence-corrected chi connectivity index (χ0v) is 18.6. The number of hydrogen-bond donors (Lipinski definition) is 1. The van der Waals surface area contributed by atoms with Crippen molar-refractivity contribution in [3.8, 4) is 0 Å². The molecule has 1 heterocycles. The summed E-state index contributed by atoms with van der Waals surface area (Å²) in [5.41, 5.74) is 2.58. The van der Waals surface area contributed by atoms with Crippen molar-refractivity contribution in [2.45, 2.75) is 83.1 Å². The summed E-state index contributed by atoms with van der Waals surface area (Å²) in [6.45, 7) is 14.4. The van der Waals surface area contributed by atoms with Gasteiger partial charge in [-0.1, -0.05) is 71.9 Å². The van der Waals surface area contributed by atoms with Gasteiger partial charge in [-0.15, -0.1) is 0 Å². The van der Waals surface area contributed by atoms with Gasteiger partial charge in [0.2, 0.25) is 8.32 Å². The Kier molecular flexibility index (Phi) is 8.10. The number of benzene rings is 1. The Labute approximate surface area is 165 Å². The Hall–Kier alpha value is -1.14. The molecule has 152 valence electrons. The standard InChI is InChI=1S/C22H36O4Si/c1-16(2)27(17(3)4,18(5)6)26-15-21-22(23)20(12-13-24-21)25-14-19-10-8-7-9-11-19/h7-13,16-18,20-23H,14-15H2,1-6H3/t20-,21-,22+/m1/s1. The highest BCUT2D eigenvalue weighted by Gasteiger charge is 2.46. The number of aliphatic hydroxyl groups is 1. The van der Waals surface area contributed by atoms with Crippen molar-refractivity contribution in [3.05, 3.63) is 48.2 Å². The average Bonchev–Trinajstić information content (AvgIpc) is 2.62. The lowest BCUT2D eigenvalue weighted by Crippen LogP contribution is -2.52. The van der Waals surface area contributed by atoms with Gasteiger partial charge in [0.1, 0.15) is 18.3 Å². The van der Waals surface area contributed by atoms with E-state index in [0.29, 0.717) is 29.8 Å². The molecule has 1 N–H and O–H groups in total. The van der Waals surface area contributed by atoms with Gasteiger partial charge in [0, 0.05) is 0 Å². The second-order valence-corrected chi connectivity index (χ2v) is 13.8. The fourth-order valence-corrected chi connectivity index (χ4v) is 9.87. The molecule has 0 aromatic heterocycles. The molecule has 3 atom stereocenters. The van der Waals surface area contributed by atoms with E-state index in [1.54, 1.807) is 12.3 Å². The molecule has 0 amide bonds. The SMILES string of the molecule is CC(C)[Si](OC[C@H]1OC=C[C@@H](OCc2ccccc2)[C@@H]1O)(C(C)C)C(C)C. The van der Waals surface area contributed by atoms with Crippen molar-refractivity contribution in [3.63, 3.8) is 0 Å². The van der Waals surface area contributed by atoms with Gasteiger partial charge in [-0.25, -0.2) is 0 Å².